The number of nitrogens with zero attached hydrogens (tertiary/aromatic N) is 4. The Hall–Kier alpha value is -2.67. The number of rotatable bonds is 3. The summed E-state index contributed by atoms with van der Waals surface area (Å²) in [5.41, 5.74) is 16.3. The molecule has 5 N–H and O–H groups in total. The van der Waals surface area contributed by atoms with Crippen LogP contribution in [0.1, 0.15) is 42.7 Å². The van der Waals surface area contributed by atoms with Crippen LogP contribution in [0.2, 0.25) is 0 Å². The second-order valence-electron chi connectivity index (χ2n) is 6.82. The van der Waals surface area contributed by atoms with Crippen LogP contribution in [0.25, 0.3) is 5.65 Å². The van der Waals surface area contributed by atoms with Crippen molar-refractivity contribution in [1.29, 1.82) is 0 Å². The monoisotopic (exact) mass is 337 g/mol. The van der Waals surface area contributed by atoms with Gasteiger partial charge in [0.1, 0.15) is 11.6 Å². The molecular weight excluding hydrogens is 314 g/mol. The molecule has 0 radical (unpaired) electrons. The highest BCUT2D eigenvalue weighted by Crippen LogP contribution is 2.40. The summed E-state index contributed by atoms with van der Waals surface area (Å²) >= 11 is 0. The summed E-state index contributed by atoms with van der Waals surface area (Å²) in [6.07, 6.45) is 9.38. The lowest BCUT2D eigenvalue weighted by molar-refractivity contribution is 0.396. The fourth-order valence-electron chi connectivity index (χ4n) is 3.65. The molecule has 0 aromatic carbocycles. The van der Waals surface area contributed by atoms with Crippen molar-refractivity contribution >= 4 is 23.0 Å². The summed E-state index contributed by atoms with van der Waals surface area (Å²) in [6, 6.07) is 4.27. The topological polar surface area (TPSA) is 107 Å². The van der Waals surface area contributed by atoms with Crippen LogP contribution in [0.15, 0.2) is 30.7 Å². The Bertz CT molecular complexity index is 894. The predicted molar refractivity (Wildman–Crippen MR) is 98.8 cm³/mol. The lowest BCUT2D eigenvalue weighted by Crippen LogP contribution is -2.26. The van der Waals surface area contributed by atoms with E-state index in [0.29, 0.717) is 11.7 Å². The van der Waals surface area contributed by atoms with Gasteiger partial charge in [-0.1, -0.05) is 0 Å². The van der Waals surface area contributed by atoms with Gasteiger partial charge in [0.15, 0.2) is 5.65 Å². The maximum absolute atomic E-state index is 6.34. The summed E-state index contributed by atoms with van der Waals surface area (Å²) < 4.78 is 1.71. The molecule has 0 spiro atoms. The Kier molecular flexibility index (Phi) is 4.01. The van der Waals surface area contributed by atoms with Gasteiger partial charge in [-0.2, -0.15) is 0 Å². The summed E-state index contributed by atoms with van der Waals surface area (Å²) in [5, 5.41) is 7.94. The molecule has 4 rings (SSSR count). The summed E-state index contributed by atoms with van der Waals surface area (Å²) in [7, 11) is 0. The largest absolute Gasteiger partial charge is 0.382 e. The van der Waals surface area contributed by atoms with Gasteiger partial charge in [0.25, 0.3) is 0 Å². The highest BCUT2D eigenvalue weighted by atomic mass is 15.3. The molecule has 1 saturated carbocycles. The van der Waals surface area contributed by atoms with Crippen molar-refractivity contribution in [3.63, 3.8) is 0 Å². The van der Waals surface area contributed by atoms with Crippen molar-refractivity contribution in [2.24, 2.45) is 5.73 Å². The Morgan fingerprint density at radius 1 is 1.16 bits per heavy atom. The van der Waals surface area contributed by atoms with Crippen LogP contribution in [-0.4, -0.2) is 25.6 Å². The quantitative estimate of drug-likeness (QED) is 0.678. The SMILES string of the molecule is Cc1ccnc(Nc2c3nccn3nc(N)c2[C@H]2CC[C@@H](N)CC2)c1. The predicted octanol–water partition coefficient (Wildman–Crippen LogP) is 2.74. The molecule has 0 unspecified atom stereocenters. The van der Waals surface area contributed by atoms with Gasteiger partial charge in [-0.25, -0.2) is 14.5 Å². The second-order valence-corrected chi connectivity index (χ2v) is 6.82. The molecule has 0 saturated heterocycles. The first-order chi connectivity index (χ1) is 12.1. The number of nitrogens with two attached hydrogens (primary N) is 2. The summed E-state index contributed by atoms with van der Waals surface area (Å²) in [5.74, 6) is 1.66. The van der Waals surface area contributed by atoms with Gasteiger partial charge in [0, 0.05) is 30.2 Å². The van der Waals surface area contributed by atoms with Crippen LogP contribution in [0.4, 0.5) is 17.3 Å². The lowest BCUT2D eigenvalue weighted by atomic mass is 9.81. The Labute approximate surface area is 146 Å². The summed E-state index contributed by atoms with van der Waals surface area (Å²) in [4.78, 5) is 8.90. The van der Waals surface area contributed by atoms with E-state index < -0.39 is 0 Å². The zero-order valence-corrected chi connectivity index (χ0v) is 14.3. The molecule has 0 bridgehead atoms. The normalized spacial score (nSPS) is 20.7. The van der Waals surface area contributed by atoms with E-state index in [0.717, 1.165) is 54.0 Å². The number of aryl methyl sites for hydroxylation is 1. The maximum Gasteiger partial charge on any atom is 0.177 e. The minimum atomic E-state index is 0.287. The number of nitrogen functional groups attached to an aromatic ring is 1. The molecule has 1 aliphatic carbocycles. The molecule has 3 aromatic rings. The van der Waals surface area contributed by atoms with Gasteiger partial charge in [0.2, 0.25) is 0 Å². The summed E-state index contributed by atoms with van der Waals surface area (Å²) in [6.45, 7) is 2.04. The smallest absolute Gasteiger partial charge is 0.177 e. The molecule has 130 valence electrons. The Morgan fingerprint density at radius 2 is 1.96 bits per heavy atom. The number of imidazole rings is 1. The van der Waals surface area contributed by atoms with Crippen LogP contribution >= 0.6 is 0 Å². The molecule has 0 amide bonds. The molecule has 25 heavy (non-hydrogen) atoms. The van der Waals surface area contributed by atoms with Crippen molar-refractivity contribution in [2.75, 3.05) is 11.1 Å². The minimum Gasteiger partial charge on any atom is -0.382 e. The molecule has 7 heteroatoms. The highest BCUT2D eigenvalue weighted by molar-refractivity contribution is 5.80. The molecule has 0 aliphatic heterocycles. The van der Waals surface area contributed by atoms with Crippen LogP contribution in [0.3, 0.4) is 0 Å². The molecule has 1 fully saturated rings. The first-order valence-corrected chi connectivity index (χ1v) is 8.70. The molecule has 3 aromatic heterocycles. The van der Waals surface area contributed by atoms with Crippen LogP contribution in [-0.2, 0) is 0 Å². The van der Waals surface area contributed by atoms with Crippen LogP contribution in [0, 0.1) is 6.92 Å². The van der Waals surface area contributed by atoms with Crippen molar-refractivity contribution < 1.29 is 0 Å². The number of hydrogen-bond donors (Lipinski definition) is 3. The first kappa shape index (κ1) is 15.8. The second kappa shape index (κ2) is 6.33. The number of fused-ring (bicyclic) bond motifs is 1. The fraction of sp³-hybridized carbons (Fsp3) is 0.389. The Balaban J connectivity index is 1.82. The maximum atomic E-state index is 6.34. The van der Waals surface area contributed by atoms with Gasteiger partial charge in [-0.05, 0) is 56.2 Å². The van der Waals surface area contributed by atoms with E-state index in [1.54, 1.807) is 23.1 Å². The third kappa shape index (κ3) is 3.02. The van der Waals surface area contributed by atoms with Crippen molar-refractivity contribution in [1.82, 2.24) is 19.6 Å². The van der Waals surface area contributed by atoms with E-state index in [-0.39, 0.29) is 6.04 Å². The third-order valence-electron chi connectivity index (χ3n) is 4.95. The van der Waals surface area contributed by atoms with Gasteiger partial charge >= 0.3 is 0 Å². The van der Waals surface area contributed by atoms with Crippen molar-refractivity contribution in [3.8, 4) is 0 Å². The van der Waals surface area contributed by atoms with E-state index in [9.17, 15) is 0 Å². The zero-order valence-electron chi connectivity index (χ0n) is 14.3. The number of nitrogens with one attached hydrogen (secondary N) is 1. The van der Waals surface area contributed by atoms with Crippen molar-refractivity contribution in [2.45, 2.75) is 44.6 Å². The van der Waals surface area contributed by atoms with E-state index in [4.69, 9.17) is 11.5 Å². The lowest BCUT2D eigenvalue weighted by Gasteiger charge is -2.28. The van der Waals surface area contributed by atoms with Gasteiger partial charge in [-0.3, -0.25) is 0 Å². The van der Waals surface area contributed by atoms with Gasteiger partial charge in [0.05, 0.1) is 5.69 Å². The molecule has 1 aliphatic rings. The van der Waals surface area contributed by atoms with Crippen LogP contribution < -0.4 is 16.8 Å². The zero-order chi connectivity index (χ0) is 17.4. The number of aromatic nitrogens is 4. The van der Waals surface area contributed by atoms with Gasteiger partial charge < -0.3 is 16.8 Å². The third-order valence-corrected chi connectivity index (χ3v) is 4.95. The number of pyridine rings is 1. The van der Waals surface area contributed by atoms with Crippen molar-refractivity contribution in [3.05, 3.63) is 41.9 Å². The van der Waals surface area contributed by atoms with E-state index >= 15 is 0 Å². The average Bonchev–Trinajstić information content (AvgIpc) is 3.04. The number of anilines is 3. The van der Waals surface area contributed by atoms with Crippen LogP contribution in [0.5, 0.6) is 0 Å². The Morgan fingerprint density at radius 3 is 2.72 bits per heavy atom. The fourth-order valence-corrected chi connectivity index (χ4v) is 3.65. The molecule has 3 heterocycles. The molecular formula is C18H23N7. The van der Waals surface area contributed by atoms with E-state index in [1.165, 1.54) is 0 Å². The molecule has 0 atom stereocenters. The van der Waals surface area contributed by atoms with E-state index in [2.05, 4.69) is 20.4 Å². The van der Waals surface area contributed by atoms with E-state index in [1.807, 2.05) is 19.1 Å². The average molecular weight is 337 g/mol. The first-order valence-electron chi connectivity index (χ1n) is 8.70. The highest BCUT2D eigenvalue weighted by Gasteiger charge is 2.27. The standard InChI is InChI=1S/C18H23N7/c1-11-6-7-21-14(10-11)23-16-15(12-2-4-13(19)5-3-12)17(20)24-25-9-8-22-18(16)25/h6-10,12-13H,2-5,19H2,1H3,(H2,20,24)(H,21,23)/t12-,13+. The molecule has 7 nitrogen and oxygen atoms in total. The van der Waals surface area contributed by atoms with Gasteiger partial charge in [-0.15, -0.1) is 5.10 Å². The minimum absolute atomic E-state index is 0.287. The number of hydrogen-bond acceptors (Lipinski definition) is 6.